The molecule has 3 aliphatic carbocycles. The molecule has 4 rings (SSSR count). The summed E-state index contributed by atoms with van der Waals surface area (Å²) in [5.74, 6) is 3.88. The van der Waals surface area contributed by atoms with Crippen molar-refractivity contribution in [1.29, 1.82) is 0 Å². The maximum absolute atomic E-state index is 2.55. The van der Waals surface area contributed by atoms with E-state index in [1.807, 2.05) is 0 Å². The summed E-state index contributed by atoms with van der Waals surface area (Å²) in [4.78, 5) is 0. The van der Waals surface area contributed by atoms with E-state index in [2.05, 4.69) is 37.4 Å². The molecule has 3 saturated carbocycles. The molecule has 2 atom stereocenters. The van der Waals surface area contributed by atoms with Gasteiger partial charge in [-0.25, -0.2) is 0 Å². The monoisotopic (exact) mass is 253 g/mol. The molecular weight excluding hydrogens is 231 g/mol. The van der Waals surface area contributed by atoms with E-state index in [1.54, 1.807) is 6.42 Å². The highest BCUT2D eigenvalue weighted by Crippen LogP contribution is 2.72. The van der Waals surface area contributed by atoms with Crippen LogP contribution in [0.4, 0.5) is 0 Å². The lowest BCUT2D eigenvalue weighted by Crippen LogP contribution is -2.62. The number of hydrogen-bond acceptors (Lipinski definition) is 2. The van der Waals surface area contributed by atoms with Crippen molar-refractivity contribution in [2.45, 2.75) is 50.5 Å². The van der Waals surface area contributed by atoms with Crippen LogP contribution in [0.2, 0.25) is 0 Å². The fraction of sp³-hybridized carbons (Fsp3) is 1.00. The highest BCUT2D eigenvalue weighted by atomic mass is 32.2. The van der Waals surface area contributed by atoms with Crippen molar-refractivity contribution in [2.75, 3.05) is 11.5 Å². The molecule has 4 aliphatic rings. The molecule has 3 heteroatoms. The van der Waals surface area contributed by atoms with Gasteiger partial charge in [0.15, 0.2) is 0 Å². The van der Waals surface area contributed by atoms with Crippen LogP contribution < -0.4 is 0 Å². The second kappa shape index (κ2) is 4.46. The van der Waals surface area contributed by atoms with Gasteiger partial charge in [0.05, 0.1) is 4.58 Å². The molecule has 0 aromatic heterocycles. The number of hydrogen-bond donors (Lipinski definition) is 0. The molecule has 0 N–H and O–H groups in total. The van der Waals surface area contributed by atoms with E-state index in [9.17, 15) is 0 Å². The Balaban J connectivity index is 0.000000963. The van der Waals surface area contributed by atoms with Gasteiger partial charge in [0.1, 0.15) is 0 Å². The average Bonchev–Trinajstić information content (AvgIpc) is 2.30. The molecule has 2 bridgehead atoms. The summed E-state index contributed by atoms with van der Waals surface area (Å²) in [6.07, 6.45) is 7.51. The van der Waals surface area contributed by atoms with Gasteiger partial charge in [-0.1, -0.05) is 20.3 Å². The zero-order valence-corrected chi connectivity index (χ0v) is 12.1. The second-order valence-corrected chi connectivity index (χ2v) is 8.82. The van der Waals surface area contributed by atoms with Crippen LogP contribution in [0.25, 0.3) is 0 Å². The van der Waals surface area contributed by atoms with Crippen LogP contribution in [-0.4, -0.2) is 24.5 Å². The third-order valence-corrected chi connectivity index (χ3v) is 8.74. The summed E-state index contributed by atoms with van der Waals surface area (Å²) >= 11 is 4.54. The maximum atomic E-state index is 2.55. The van der Waals surface area contributed by atoms with Crippen molar-refractivity contribution in [3.63, 3.8) is 0 Å². The molecule has 0 amide bonds. The maximum Gasteiger partial charge on any atom is 0.0563 e. The van der Waals surface area contributed by atoms with Crippen molar-refractivity contribution < 1.29 is 0 Å². The summed E-state index contributed by atoms with van der Waals surface area (Å²) in [6, 6.07) is 0. The molecule has 89 valence electrons. The van der Waals surface area contributed by atoms with E-state index in [0.29, 0.717) is 10.8 Å². The fourth-order valence-electron chi connectivity index (χ4n) is 4.11. The second-order valence-electron chi connectivity index (χ2n) is 6.10. The van der Waals surface area contributed by atoms with Gasteiger partial charge in [-0.05, 0) is 53.9 Å². The first-order chi connectivity index (χ1) is 7.17. The highest BCUT2D eigenvalue weighted by Gasteiger charge is 2.64. The average molecular weight is 253 g/mol. The smallest absolute Gasteiger partial charge is 0.0563 e. The Morgan fingerprint density at radius 1 is 1.06 bits per heavy atom. The SMILES string of the molecule is CC1(C)C2CCCC1(C1SCCCS1)C2.[B]. The minimum absolute atomic E-state index is 0. The minimum atomic E-state index is 0. The molecular formula is C13H22BS2. The first kappa shape index (κ1) is 13.2. The van der Waals surface area contributed by atoms with Gasteiger partial charge in [0, 0.05) is 8.41 Å². The Morgan fingerprint density at radius 2 is 1.75 bits per heavy atom. The van der Waals surface area contributed by atoms with Crippen LogP contribution in [0, 0.1) is 16.7 Å². The van der Waals surface area contributed by atoms with Gasteiger partial charge in [0.25, 0.3) is 0 Å². The normalized spacial score (nSPS) is 42.0. The molecule has 0 nitrogen and oxygen atoms in total. The van der Waals surface area contributed by atoms with E-state index in [0.717, 1.165) is 10.5 Å². The lowest BCUT2D eigenvalue weighted by Gasteiger charge is -2.68. The van der Waals surface area contributed by atoms with Crippen LogP contribution in [-0.2, 0) is 0 Å². The van der Waals surface area contributed by atoms with E-state index < -0.39 is 0 Å². The first-order valence-electron chi connectivity index (χ1n) is 6.40. The lowest BCUT2D eigenvalue weighted by atomic mass is 9.40. The van der Waals surface area contributed by atoms with Crippen molar-refractivity contribution in [3.8, 4) is 0 Å². The molecule has 2 unspecified atom stereocenters. The minimum Gasteiger partial charge on any atom is -0.147 e. The van der Waals surface area contributed by atoms with Crippen LogP contribution in [0.3, 0.4) is 0 Å². The summed E-state index contributed by atoms with van der Waals surface area (Å²) in [6.45, 7) is 5.10. The third kappa shape index (κ3) is 1.60. The topological polar surface area (TPSA) is 0 Å². The van der Waals surface area contributed by atoms with E-state index in [1.165, 1.54) is 37.2 Å². The Morgan fingerprint density at radius 3 is 2.31 bits per heavy atom. The summed E-state index contributed by atoms with van der Waals surface area (Å²) in [5, 5.41) is 0. The molecule has 3 radical (unpaired) electrons. The Kier molecular flexibility index (Phi) is 3.68. The molecule has 1 saturated heterocycles. The van der Waals surface area contributed by atoms with Crippen LogP contribution >= 0.6 is 23.5 Å². The summed E-state index contributed by atoms with van der Waals surface area (Å²) in [7, 11) is 0. The molecule has 0 spiro atoms. The molecule has 4 fully saturated rings. The zero-order valence-electron chi connectivity index (χ0n) is 10.5. The van der Waals surface area contributed by atoms with Crippen molar-refractivity contribution in [3.05, 3.63) is 0 Å². The van der Waals surface area contributed by atoms with Gasteiger partial charge in [-0.15, -0.1) is 23.5 Å². The molecule has 1 aliphatic heterocycles. The van der Waals surface area contributed by atoms with Gasteiger partial charge < -0.3 is 0 Å². The quantitative estimate of drug-likeness (QED) is 0.647. The number of fused-ring (bicyclic) bond motifs is 2. The first-order valence-corrected chi connectivity index (χ1v) is 8.50. The van der Waals surface area contributed by atoms with Crippen molar-refractivity contribution in [2.24, 2.45) is 16.7 Å². The highest BCUT2D eigenvalue weighted by molar-refractivity contribution is 8.17. The van der Waals surface area contributed by atoms with Gasteiger partial charge in [-0.2, -0.15) is 0 Å². The summed E-state index contributed by atoms with van der Waals surface area (Å²) < 4.78 is 0.929. The Bertz CT molecular complexity index is 257. The molecule has 1 heterocycles. The van der Waals surface area contributed by atoms with Crippen LogP contribution in [0.15, 0.2) is 0 Å². The predicted octanol–water partition coefficient (Wildman–Crippen LogP) is 4.02. The summed E-state index contributed by atoms with van der Waals surface area (Å²) in [5.41, 5.74) is 1.36. The Labute approximate surface area is 111 Å². The molecule has 16 heavy (non-hydrogen) atoms. The van der Waals surface area contributed by atoms with E-state index in [4.69, 9.17) is 0 Å². The molecule has 0 aromatic rings. The zero-order chi connectivity index (χ0) is 10.5. The third-order valence-electron chi connectivity index (χ3n) is 5.37. The van der Waals surface area contributed by atoms with Crippen LogP contribution in [0.5, 0.6) is 0 Å². The predicted molar refractivity (Wildman–Crippen MR) is 77.2 cm³/mol. The Hall–Kier alpha value is 0.765. The van der Waals surface area contributed by atoms with E-state index in [-0.39, 0.29) is 8.41 Å². The standard InChI is InChI=1S/C13H22S2.B/c1-12(2)10-5-3-6-13(12,9-10)11-14-7-4-8-15-11;/h10-11H,3-9H2,1-2H3;. The number of rotatable bonds is 1. The van der Waals surface area contributed by atoms with Crippen LogP contribution in [0.1, 0.15) is 46.0 Å². The van der Waals surface area contributed by atoms with Crippen molar-refractivity contribution >= 4 is 31.9 Å². The fourth-order valence-corrected chi connectivity index (χ4v) is 7.98. The largest absolute Gasteiger partial charge is 0.147 e. The van der Waals surface area contributed by atoms with Gasteiger partial charge >= 0.3 is 0 Å². The van der Waals surface area contributed by atoms with E-state index >= 15 is 0 Å². The number of thioether (sulfide) groups is 2. The molecule has 0 aromatic carbocycles. The lowest BCUT2D eigenvalue weighted by molar-refractivity contribution is -0.149. The van der Waals surface area contributed by atoms with Gasteiger partial charge in [-0.3, -0.25) is 0 Å². The van der Waals surface area contributed by atoms with Gasteiger partial charge in [0.2, 0.25) is 0 Å². The van der Waals surface area contributed by atoms with Crippen molar-refractivity contribution in [1.82, 2.24) is 0 Å².